The van der Waals surface area contributed by atoms with Crippen molar-refractivity contribution in [1.82, 2.24) is 4.90 Å². The highest BCUT2D eigenvalue weighted by Crippen LogP contribution is 2.50. The molecular weight excluding hydrogens is 328 g/mol. The summed E-state index contributed by atoms with van der Waals surface area (Å²) in [6.45, 7) is 4.28. The van der Waals surface area contributed by atoms with Gasteiger partial charge in [0.1, 0.15) is 5.70 Å². The van der Waals surface area contributed by atoms with E-state index >= 15 is 0 Å². The van der Waals surface area contributed by atoms with E-state index in [-0.39, 0.29) is 23.6 Å². The normalized spacial score (nSPS) is 27.0. The van der Waals surface area contributed by atoms with Crippen molar-refractivity contribution in [1.29, 1.82) is 0 Å². The number of aryl methyl sites for hydroxylation is 1. The highest BCUT2D eigenvalue weighted by atomic mass is 32.2. The number of aliphatic hydroxyl groups is 1. The Morgan fingerprint density at radius 3 is 2.62 bits per heavy atom. The summed E-state index contributed by atoms with van der Waals surface area (Å²) >= 11 is 1.49. The number of fused-ring (bicyclic) bond motifs is 1. The molecule has 7 heteroatoms. The highest BCUT2D eigenvalue weighted by Gasteiger charge is 2.59. The Labute approximate surface area is 144 Å². The number of nitrogens with zero attached hydrogens (tertiary/aromatic N) is 2. The first-order valence-electron chi connectivity index (χ1n) is 7.99. The molecule has 0 aliphatic carbocycles. The summed E-state index contributed by atoms with van der Waals surface area (Å²) in [5.41, 5.74) is 0.0949. The molecule has 6 nitrogen and oxygen atoms in total. The number of aliphatic hydroxyl groups excluding tert-OH is 1. The number of carbonyl (C=O) groups is 2. The lowest BCUT2D eigenvalue weighted by Crippen LogP contribution is -2.63. The summed E-state index contributed by atoms with van der Waals surface area (Å²) in [6, 6.07) is 5.60. The fourth-order valence-electron chi connectivity index (χ4n) is 3.56. The smallest absolute Gasteiger partial charge is 0.353 e. The van der Waals surface area contributed by atoms with Gasteiger partial charge in [0.2, 0.25) is 5.91 Å². The Balaban J connectivity index is 1.76. The maximum Gasteiger partial charge on any atom is 0.353 e. The van der Waals surface area contributed by atoms with E-state index in [0.717, 1.165) is 17.2 Å². The van der Waals surface area contributed by atoms with Crippen LogP contribution in [0.4, 0.5) is 0 Å². The average Bonchev–Trinajstić information content (AvgIpc) is 2.78. The van der Waals surface area contributed by atoms with E-state index in [1.54, 1.807) is 6.92 Å². The second-order valence-electron chi connectivity index (χ2n) is 6.23. The SMILES string of the molecule is C[C@@H](O)[C@H]1C(=O)N2C(C(=O)O)=C(SCC[n+]3ccccc3)[C@H](C)[C@H]12. The fraction of sp³-hybridized carbons (Fsp3) is 0.471. The number of hydrogen-bond donors (Lipinski definition) is 2. The maximum atomic E-state index is 12.2. The summed E-state index contributed by atoms with van der Waals surface area (Å²) in [4.78, 5) is 26.0. The molecule has 2 aliphatic rings. The predicted octanol–water partition coefficient (Wildman–Crippen LogP) is 0.861. The van der Waals surface area contributed by atoms with Gasteiger partial charge in [-0.15, -0.1) is 11.8 Å². The summed E-state index contributed by atoms with van der Waals surface area (Å²) in [7, 11) is 0. The van der Waals surface area contributed by atoms with Crippen molar-refractivity contribution >= 4 is 23.6 Å². The first-order valence-corrected chi connectivity index (χ1v) is 8.97. The van der Waals surface area contributed by atoms with Gasteiger partial charge in [-0.25, -0.2) is 9.36 Å². The van der Waals surface area contributed by atoms with Crippen molar-refractivity contribution in [3.8, 4) is 0 Å². The largest absolute Gasteiger partial charge is 0.477 e. The van der Waals surface area contributed by atoms with Gasteiger partial charge >= 0.3 is 5.97 Å². The van der Waals surface area contributed by atoms with Gasteiger partial charge in [0.15, 0.2) is 18.9 Å². The minimum Gasteiger partial charge on any atom is -0.477 e. The lowest BCUT2D eigenvalue weighted by Gasteiger charge is -2.46. The molecule has 128 valence electrons. The van der Waals surface area contributed by atoms with E-state index in [9.17, 15) is 19.8 Å². The van der Waals surface area contributed by atoms with Crippen LogP contribution in [0.2, 0.25) is 0 Å². The first-order chi connectivity index (χ1) is 11.4. The molecule has 0 radical (unpaired) electrons. The summed E-state index contributed by atoms with van der Waals surface area (Å²) in [5.74, 6) is -1.21. The van der Waals surface area contributed by atoms with Crippen LogP contribution in [-0.4, -0.2) is 44.9 Å². The van der Waals surface area contributed by atoms with E-state index in [4.69, 9.17) is 0 Å². The number of aromatic nitrogens is 1. The fourth-order valence-corrected chi connectivity index (χ4v) is 4.81. The Morgan fingerprint density at radius 1 is 1.38 bits per heavy atom. The number of aliphatic carboxylic acids is 1. The van der Waals surface area contributed by atoms with Crippen molar-refractivity contribution in [2.24, 2.45) is 11.8 Å². The van der Waals surface area contributed by atoms with Crippen LogP contribution in [0.3, 0.4) is 0 Å². The van der Waals surface area contributed by atoms with E-state index in [2.05, 4.69) is 0 Å². The van der Waals surface area contributed by atoms with E-state index in [0.29, 0.717) is 0 Å². The lowest BCUT2D eigenvalue weighted by molar-refractivity contribution is -0.692. The van der Waals surface area contributed by atoms with Gasteiger partial charge in [0, 0.05) is 23.0 Å². The average molecular weight is 349 g/mol. The number of thioether (sulfide) groups is 1. The molecular formula is C17H21N2O4S+. The first kappa shape index (κ1) is 17.0. The third-order valence-corrected chi connectivity index (χ3v) is 5.96. The third kappa shape index (κ3) is 2.71. The molecule has 1 amide bonds. The molecule has 1 saturated heterocycles. The number of rotatable bonds is 6. The summed E-state index contributed by atoms with van der Waals surface area (Å²) < 4.78 is 2.03. The maximum absolute atomic E-state index is 12.2. The Morgan fingerprint density at radius 2 is 2.04 bits per heavy atom. The highest BCUT2D eigenvalue weighted by molar-refractivity contribution is 8.03. The molecule has 1 aromatic heterocycles. The summed E-state index contributed by atoms with van der Waals surface area (Å²) in [6.07, 6.45) is 3.16. The minimum absolute atomic E-state index is 0.0702. The van der Waals surface area contributed by atoms with E-state index < -0.39 is 18.0 Å². The number of pyridine rings is 1. The summed E-state index contributed by atoms with van der Waals surface area (Å²) in [5, 5.41) is 19.4. The molecule has 0 unspecified atom stereocenters. The molecule has 1 fully saturated rings. The van der Waals surface area contributed by atoms with Crippen LogP contribution in [0.1, 0.15) is 13.8 Å². The standard InChI is InChI=1S/C17H20N2O4S/c1-10-13-12(11(2)20)16(21)19(13)14(17(22)23)15(10)24-9-8-18-6-4-3-5-7-18/h3-7,10-13,20H,8-9H2,1-2H3/p+1/t10-,11-,12-,13-/m1/s1. The Hall–Kier alpha value is -1.86. The quantitative estimate of drug-likeness (QED) is 0.588. The Kier molecular flexibility index (Phi) is 4.64. The second-order valence-corrected chi connectivity index (χ2v) is 7.37. The van der Waals surface area contributed by atoms with Crippen molar-refractivity contribution in [3.63, 3.8) is 0 Å². The van der Waals surface area contributed by atoms with Gasteiger partial charge < -0.3 is 15.1 Å². The molecule has 2 aliphatic heterocycles. The van der Waals surface area contributed by atoms with Gasteiger partial charge in [-0.2, -0.15) is 0 Å². The van der Waals surface area contributed by atoms with Crippen molar-refractivity contribution in [2.75, 3.05) is 5.75 Å². The van der Waals surface area contributed by atoms with Gasteiger partial charge in [0.25, 0.3) is 0 Å². The van der Waals surface area contributed by atoms with Crippen LogP contribution >= 0.6 is 11.8 Å². The minimum atomic E-state index is -1.07. The van der Waals surface area contributed by atoms with Crippen LogP contribution in [0.5, 0.6) is 0 Å². The van der Waals surface area contributed by atoms with Crippen LogP contribution in [0.25, 0.3) is 0 Å². The number of carboxylic acid groups (broad SMARTS) is 1. The molecule has 3 rings (SSSR count). The van der Waals surface area contributed by atoms with Crippen LogP contribution in [0, 0.1) is 11.8 Å². The van der Waals surface area contributed by atoms with Crippen LogP contribution < -0.4 is 4.57 Å². The van der Waals surface area contributed by atoms with Crippen molar-refractivity contribution < 1.29 is 24.4 Å². The number of carboxylic acids is 1. The zero-order chi connectivity index (χ0) is 17.4. The molecule has 0 spiro atoms. The predicted molar refractivity (Wildman–Crippen MR) is 88.7 cm³/mol. The second kappa shape index (κ2) is 6.57. The van der Waals surface area contributed by atoms with Gasteiger partial charge in [-0.1, -0.05) is 13.0 Å². The van der Waals surface area contributed by atoms with E-state index in [1.165, 1.54) is 16.7 Å². The number of amides is 1. The van der Waals surface area contributed by atoms with Crippen LogP contribution in [-0.2, 0) is 16.1 Å². The van der Waals surface area contributed by atoms with Crippen LogP contribution in [0.15, 0.2) is 41.2 Å². The number of hydrogen-bond acceptors (Lipinski definition) is 4. The molecule has 0 aromatic carbocycles. The zero-order valence-corrected chi connectivity index (χ0v) is 14.4. The van der Waals surface area contributed by atoms with Crippen molar-refractivity contribution in [2.45, 2.75) is 32.5 Å². The van der Waals surface area contributed by atoms with Gasteiger partial charge in [-0.05, 0) is 6.92 Å². The lowest BCUT2D eigenvalue weighted by atomic mass is 9.79. The van der Waals surface area contributed by atoms with Gasteiger partial charge in [0.05, 0.1) is 23.8 Å². The van der Waals surface area contributed by atoms with Crippen molar-refractivity contribution in [3.05, 3.63) is 41.2 Å². The number of carbonyl (C=O) groups excluding carboxylic acids is 1. The zero-order valence-electron chi connectivity index (χ0n) is 13.6. The van der Waals surface area contributed by atoms with E-state index in [1.807, 2.05) is 42.1 Å². The number of β-lactam (4-membered cyclic amide) rings is 1. The molecule has 4 atom stereocenters. The molecule has 1 aromatic rings. The molecule has 0 bridgehead atoms. The molecule has 3 heterocycles. The third-order valence-electron chi connectivity index (χ3n) is 4.70. The monoisotopic (exact) mass is 349 g/mol. The molecule has 24 heavy (non-hydrogen) atoms. The molecule has 2 N–H and O–H groups in total. The Bertz CT molecular complexity index is 689. The molecule has 0 saturated carbocycles. The van der Waals surface area contributed by atoms with Gasteiger partial charge in [-0.3, -0.25) is 4.79 Å². The topological polar surface area (TPSA) is 81.7 Å².